The number of rotatable bonds is 3. The first-order valence-corrected chi connectivity index (χ1v) is 9.24. The normalized spacial score (nSPS) is 11.7. The molecule has 2 aromatic carbocycles. The molecule has 0 unspecified atom stereocenters. The summed E-state index contributed by atoms with van der Waals surface area (Å²) in [5, 5.41) is 6.56. The Balaban J connectivity index is 1.63. The summed E-state index contributed by atoms with van der Waals surface area (Å²) in [4.78, 5) is 16.5. The third-order valence-corrected chi connectivity index (χ3v) is 4.94. The molecule has 2 aromatic heterocycles. The van der Waals surface area contributed by atoms with Crippen LogP contribution in [0.4, 0.5) is 19.2 Å². The van der Waals surface area contributed by atoms with Crippen LogP contribution in [0.1, 0.15) is 15.9 Å². The van der Waals surface area contributed by atoms with Gasteiger partial charge in [-0.3, -0.25) is 10.1 Å². The van der Waals surface area contributed by atoms with Crippen LogP contribution in [0, 0.1) is 0 Å². The van der Waals surface area contributed by atoms with Crippen molar-refractivity contribution in [1.82, 2.24) is 4.98 Å². The first-order chi connectivity index (χ1) is 13.3. The summed E-state index contributed by atoms with van der Waals surface area (Å²) in [6, 6.07) is 9.34. The number of benzene rings is 2. The molecule has 0 spiro atoms. The summed E-state index contributed by atoms with van der Waals surface area (Å²) >= 11 is 7.78. The molecule has 0 aliphatic heterocycles. The van der Waals surface area contributed by atoms with Gasteiger partial charge < -0.3 is 4.42 Å². The van der Waals surface area contributed by atoms with E-state index < -0.39 is 17.6 Å². The standard InChI is InChI=1S/C19H10ClF3N2O2S/c20-14-7-12(11-4-5-28-9-11)8-15-16(14)27-18(24-15)25-17(26)10-2-1-3-13(6-10)19(21,22)23/h1-9H,(H,24,25,26). The number of amides is 1. The van der Waals surface area contributed by atoms with Crippen LogP contribution in [0.15, 0.2) is 57.6 Å². The highest BCUT2D eigenvalue weighted by Crippen LogP contribution is 2.33. The molecule has 142 valence electrons. The molecule has 0 fully saturated rings. The molecule has 0 radical (unpaired) electrons. The Morgan fingerprint density at radius 3 is 2.68 bits per heavy atom. The van der Waals surface area contributed by atoms with Gasteiger partial charge in [-0.25, -0.2) is 0 Å². The number of thiophene rings is 1. The smallest absolute Gasteiger partial charge is 0.416 e. The fourth-order valence-electron chi connectivity index (χ4n) is 2.65. The Morgan fingerprint density at radius 2 is 1.96 bits per heavy atom. The molecule has 0 saturated heterocycles. The van der Waals surface area contributed by atoms with E-state index in [0.717, 1.165) is 29.3 Å². The van der Waals surface area contributed by atoms with Crippen molar-refractivity contribution in [2.75, 3.05) is 5.32 Å². The molecule has 0 atom stereocenters. The molecule has 0 aliphatic carbocycles. The van der Waals surface area contributed by atoms with Crippen molar-refractivity contribution in [3.63, 3.8) is 0 Å². The van der Waals surface area contributed by atoms with Crippen molar-refractivity contribution in [1.29, 1.82) is 0 Å². The number of halogens is 4. The maximum absolute atomic E-state index is 12.8. The molecular weight excluding hydrogens is 413 g/mol. The number of aromatic nitrogens is 1. The van der Waals surface area contributed by atoms with E-state index in [-0.39, 0.29) is 17.2 Å². The summed E-state index contributed by atoms with van der Waals surface area (Å²) in [7, 11) is 0. The Labute approximate surface area is 165 Å². The Hall–Kier alpha value is -2.84. The van der Waals surface area contributed by atoms with E-state index in [1.807, 2.05) is 16.8 Å². The average molecular weight is 423 g/mol. The predicted octanol–water partition coefficient (Wildman–Crippen LogP) is 6.48. The van der Waals surface area contributed by atoms with Crippen LogP contribution in [0.5, 0.6) is 0 Å². The molecule has 4 nitrogen and oxygen atoms in total. The zero-order chi connectivity index (χ0) is 19.9. The number of oxazole rings is 1. The first kappa shape index (κ1) is 18.5. The van der Waals surface area contributed by atoms with E-state index in [0.29, 0.717) is 10.5 Å². The van der Waals surface area contributed by atoms with Crippen molar-refractivity contribution in [2.45, 2.75) is 6.18 Å². The van der Waals surface area contributed by atoms with E-state index in [9.17, 15) is 18.0 Å². The minimum absolute atomic E-state index is 0.151. The zero-order valence-corrected chi connectivity index (χ0v) is 15.5. The molecule has 28 heavy (non-hydrogen) atoms. The van der Waals surface area contributed by atoms with Crippen LogP contribution >= 0.6 is 22.9 Å². The molecule has 0 bridgehead atoms. The van der Waals surface area contributed by atoms with Crippen molar-refractivity contribution in [3.8, 4) is 11.1 Å². The minimum atomic E-state index is -4.54. The van der Waals surface area contributed by atoms with Gasteiger partial charge in [0.25, 0.3) is 5.91 Å². The van der Waals surface area contributed by atoms with Crippen LogP contribution in [-0.4, -0.2) is 10.9 Å². The average Bonchev–Trinajstić information content (AvgIpc) is 3.30. The second-order valence-electron chi connectivity index (χ2n) is 5.87. The fourth-order valence-corrected chi connectivity index (χ4v) is 3.56. The molecular formula is C19H10ClF3N2O2S. The Bertz CT molecular complexity index is 1170. The van der Waals surface area contributed by atoms with Gasteiger partial charge in [-0.2, -0.15) is 29.5 Å². The van der Waals surface area contributed by atoms with Crippen molar-refractivity contribution in [3.05, 3.63) is 69.4 Å². The molecule has 1 N–H and O–H groups in total. The van der Waals surface area contributed by atoms with Gasteiger partial charge in [0.05, 0.1) is 10.6 Å². The van der Waals surface area contributed by atoms with E-state index in [4.69, 9.17) is 16.0 Å². The lowest BCUT2D eigenvalue weighted by atomic mass is 10.1. The number of fused-ring (bicyclic) bond motifs is 1. The summed E-state index contributed by atoms with van der Waals surface area (Å²) in [5.41, 5.74) is 1.42. The van der Waals surface area contributed by atoms with Crippen molar-refractivity contribution in [2.24, 2.45) is 0 Å². The zero-order valence-electron chi connectivity index (χ0n) is 13.9. The van der Waals surface area contributed by atoms with Gasteiger partial charge in [0.2, 0.25) is 0 Å². The van der Waals surface area contributed by atoms with Gasteiger partial charge in [0.1, 0.15) is 5.52 Å². The highest BCUT2D eigenvalue weighted by Gasteiger charge is 2.31. The second-order valence-corrected chi connectivity index (χ2v) is 7.06. The number of nitrogens with one attached hydrogen (secondary N) is 1. The molecule has 9 heteroatoms. The number of hydrogen-bond donors (Lipinski definition) is 1. The van der Waals surface area contributed by atoms with Gasteiger partial charge in [-0.15, -0.1) is 0 Å². The summed E-state index contributed by atoms with van der Waals surface area (Å²) in [6.07, 6.45) is -4.54. The molecule has 2 heterocycles. The van der Waals surface area contributed by atoms with Gasteiger partial charge >= 0.3 is 12.2 Å². The van der Waals surface area contributed by atoms with Gasteiger partial charge in [0.15, 0.2) is 5.58 Å². The van der Waals surface area contributed by atoms with Crippen LogP contribution in [0.3, 0.4) is 0 Å². The predicted molar refractivity (Wildman–Crippen MR) is 102 cm³/mol. The lowest BCUT2D eigenvalue weighted by Crippen LogP contribution is -2.14. The molecule has 4 aromatic rings. The van der Waals surface area contributed by atoms with Gasteiger partial charge in [-0.05, 0) is 58.3 Å². The lowest BCUT2D eigenvalue weighted by molar-refractivity contribution is -0.137. The van der Waals surface area contributed by atoms with Crippen LogP contribution < -0.4 is 5.32 Å². The molecule has 4 rings (SSSR count). The number of carbonyl (C=O) groups excluding carboxylic acids is 1. The third kappa shape index (κ3) is 3.61. The molecule has 0 saturated carbocycles. The quantitative estimate of drug-likeness (QED) is 0.411. The minimum Gasteiger partial charge on any atom is -0.422 e. The molecule has 0 aliphatic rings. The van der Waals surface area contributed by atoms with Gasteiger partial charge in [-0.1, -0.05) is 17.7 Å². The monoisotopic (exact) mass is 422 g/mol. The Morgan fingerprint density at radius 1 is 1.14 bits per heavy atom. The highest BCUT2D eigenvalue weighted by atomic mass is 35.5. The topological polar surface area (TPSA) is 55.1 Å². The first-order valence-electron chi connectivity index (χ1n) is 7.92. The fraction of sp³-hybridized carbons (Fsp3) is 0.0526. The number of anilines is 1. The summed E-state index contributed by atoms with van der Waals surface area (Å²) < 4.78 is 43.9. The lowest BCUT2D eigenvalue weighted by Gasteiger charge is -2.07. The van der Waals surface area contributed by atoms with Crippen LogP contribution in [0.2, 0.25) is 5.02 Å². The maximum atomic E-state index is 12.8. The van der Waals surface area contributed by atoms with Crippen LogP contribution in [-0.2, 0) is 6.18 Å². The van der Waals surface area contributed by atoms with Crippen molar-refractivity contribution < 1.29 is 22.4 Å². The Kier molecular flexibility index (Phi) is 4.60. The van der Waals surface area contributed by atoms with Crippen LogP contribution in [0.25, 0.3) is 22.2 Å². The number of hydrogen-bond acceptors (Lipinski definition) is 4. The van der Waals surface area contributed by atoms with E-state index >= 15 is 0 Å². The SMILES string of the molecule is O=C(Nc1nc2cc(-c3ccsc3)cc(Cl)c2o1)c1cccc(C(F)(F)F)c1. The maximum Gasteiger partial charge on any atom is 0.416 e. The van der Waals surface area contributed by atoms with Gasteiger partial charge in [0, 0.05) is 5.56 Å². The second kappa shape index (κ2) is 6.96. The number of carbonyl (C=O) groups is 1. The third-order valence-electron chi connectivity index (χ3n) is 3.97. The molecule has 1 amide bonds. The van der Waals surface area contributed by atoms with E-state index in [1.54, 1.807) is 12.1 Å². The van der Waals surface area contributed by atoms with Crippen molar-refractivity contribution >= 4 is 46.0 Å². The summed E-state index contributed by atoms with van der Waals surface area (Å²) in [6.45, 7) is 0. The highest BCUT2D eigenvalue weighted by molar-refractivity contribution is 7.08. The number of nitrogens with zero attached hydrogens (tertiary/aromatic N) is 1. The van der Waals surface area contributed by atoms with E-state index in [1.165, 1.54) is 17.4 Å². The summed E-state index contributed by atoms with van der Waals surface area (Å²) in [5.74, 6) is -0.771. The van der Waals surface area contributed by atoms with E-state index in [2.05, 4.69) is 10.3 Å². The number of alkyl halides is 3. The largest absolute Gasteiger partial charge is 0.422 e.